The van der Waals surface area contributed by atoms with E-state index in [4.69, 9.17) is 11.6 Å². The van der Waals surface area contributed by atoms with Crippen LogP contribution in [0.2, 0.25) is 5.02 Å². The molecule has 0 bridgehead atoms. The Morgan fingerprint density at radius 3 is 2.76 bits per heavy atom. The van der Waals surface area contributed by atoms with Crippen molar-refractivity contribution in [3.63, 3.8) is 0 Å². The third-order valence-corrected chi connectivity index (χ3v) is 7.16. The van der Waals surface area contributed by atoms with Crippen LogP contribution in [0.1, 0.15) is 50.1 Å². The first kappa shape index (κ1) is 22.7. The third kappa shape index (κ3) is 3.54. The number of hydrogen-bond acceptors (Lipinski definition) is 4. The summed E-state index contributed by atoms with van der Waals surface area (Å²) in [7, 11) is 0. The lowest BCUT2D eigenvalue weighted by molar-refractivity contribution is -0.133. The van der Waals surface area contributed by atoms with E-state index in [1.54, 1.807) is 23.1 Å². The number of phenols is 1. The quantitative estimate of drug-likeness (QED) is 0.356. The van der Waals surface area contributed by atoms with Gasteiger partial charge in [0.2, 0.25) is 0 Å². The lowest BCUT2D eigenvalue weighted by atomic mass is 9.81. The number of nitrogens with one attached hydrogen (secondary N) is 2. The zero-order valence-electron chi connectivity index (χ0n) is 19.6. The van der Waals surface area contributed by atoms with Gasteiger partial charge in [-0.3, -0.25) is 14.6 Å². The van der Waals surface area contributed by atoms with Gasteiger partial charge in [0, 0.05) is 40.6 Å². The second-order valence-electron chi connectivity index (χ2n) is 9.73. The largest absolute Gasteiger partial charge is 0.508 e. The summed E-state index contributed by atoms with van der Waals surface area (Å²) >= 11 is 6.31. The van der Waals surface area contributed by atoms with Crippen molar-refractivity contribution in [1.29, 1.82) is 0 Å². The van der Waals surface area contributed by atoms with Gasteiger partial charge in [-0.1, -0.05) is 37.6 Å². The molecule has 0 radical (unpaired) electrons. The van der Waals surface area contributed by atoms with E-state index in [1.807, 2.05) is 31.2 Å². The molecule has 3 heterocycles. The minimum atomic E-state index is -1.04. The van der Waals surface area contributed by atoms with Crippen LogP contribution in [0.5, 0.6) is 5.75 Å². The summed E-state index contributed by atoms with van der Waals surface area (Å²) < 4.78 is 0. The van der Waals surface area contributed by atoms with Crippen molar-refractivity contribution >= 4 is 34.4 Å². The number of benzene rings is 2. The number of fused-ring (bicyclic) bond motifs is 4. The Morgan fingerprint density at radius 2 is 2.03 bits per heavy atom. The molecule has 0 spiro atoms. The van der Waals surface area contributed by atoms with Crippen LogP contribution in [-0.4, -0.2) is 56.5 Å². The minimum absolute atomic E-state index is 0.111. The van der Waals surface area contributed by atoms with E-state index in [0.717, 1.165) is 34.3 Å². The molecule has 1 aromatic heterocycles. The predicted octanol–water partition coefficient (Wildman–Crippen LogP) is 4.58. The van der Waals surface area contributed by atoms with E-state index in [0.29, 0.717) is 30.5 Å². The fourth-order valence-electron chi connectivity index (χ4n) is 5.35. The summed E-state index contributed by atoms with van der Waals surface area (Å²) in [4.78, 5) is 34.0. The highest BCUT2D eigenvalue weighted by molar-refractivity contribution is 6.31. The molecule has 8 heteroatoms. The molecule has 2 atom stereocenters. The van der Waals surface area contributed by atoms with Crippen LogP contribution < -0.4 is 5.32 Å². The highest BCUT2D eigenvalue weighted by Crippen LogP contribution is 2.49. The Labute approximate surface area is 203 Å². The Bertz CT molecular complexity index is 1290. The number of phenolic OH excluding ortho intramolecular Hbond substituents is 1. The fourth-order valence-corrected chi connectivity index (χ4v) is 5.52. The van der Waals surface area contributed by atoms with Gasteiger partial charge in [-0.05, 0) is 61.3 Å². The summed E-state index contributed by atoms with van der Waals surface area (Å²) in [5.41, 5.74) is 2.44. The molecule has 3 amide bonds. The van der Waals surface area contributed by atoms with Gasteiger partial charge in [0.05, 0.1) is 0 Å². The molecule has 3 aromatic rings. The Hall–Kier alpha value is -3.03. The number of aromatic hydroxyl groups is 1. The molecule has 3 N–H and O–H groups in total. The van der Waals surface area contributed by atoms with Crippen molar-refractivity contribution in [3.05, 3.63) is 64.3 Å². The molecule has 2 aliphatic heterocycles. The van der Waals surface area contributed by atoms with Crippen molar-refractivity contribution in [3.8, 4) is 5.75 Å². The van der Waals surface area contributed by atoms with Gasteiger partial charge in [-0.2, -0.15) is 0 Å². The van der Waals surface area contributed by atoms with Crippen LogP contribution in [0.25, 0.3) is 10.9 Å². The lowest BCUT2D eigenvalue weighted by Gasteiger charge is -2.42. The topological polar surface area (TPSA) is 88.7 Å². The van der Waals surface area contributed by atoms with Crippen molar-refractivity contribution in [2.24, 2.45) is 0 Å². The van der Waals surface area contributed by atoms with Gasteiger partial charge >= 0.3 is 6.03 Å². The van der Waals surface area contributed by atoms with E-state index in [1.165, 1.54) is 4.90 Å². The van der Waals surface area contributed by atoms with Gasteiger partial charge in [0.1, 0.15) is 17.3 Å². The summed E-state index contributed by atoms with van der Waals surface area (Å²) in [6, 6.07) is 12.0. The number of amides is 3. The second kappa shape index (κ2) is 8.32. The Kier molecular flexibility index (Phi) is 5.57. The highest BCUT2D eigenvalue weighted by Gasteiger charge is 2.60. The number of H-pyrrole nitrogens is 1. The first-order valence-electron chi connectivity index (χ1n) is 11.7. The van der Waals surface area contributed by atoms with E-state index < -0.39 is 11.6 Å². The van der Waals surface area contributed by atoms with Crippen molar-refractivity contribution in [2.75, 3.05) is 13.1 Å². The molecule has 178 valence electrons. The number of carbonyl (C=O) groups is 2. The summed E-state index contributed by atoms with van der Waals surface area (Å²) in [5.74, 6) is -0.0747. The van der Waals surface area contributed by atoms with Crippen molar-refractivity contribution < 1.29 is 14.7 Å². The van der Waals surface area contributed by atoms with Crippen LogP contribution in [0, 0.1) is 0 Å². The standard InChI is InChI=1S/C26H29ClN4O3/c1-15(2)28-10-5-11-30-24(33)26(3)14-20-19-13-17(27)8-9-21(19)29-22(20)23(31(26)25(30)34)16-6-4-7-18(32)12-16/h4,6-9,12-13,15,23,28-29,32H,5,10-11,14H2,1-3H3. The third-order valence-electron chi connectivity index (χ3n) is 6.93. The van der Waals surface area contributed by atoms with Crippen molar-refractivity contribution in [2.45, 2.75) is 51.2 Å². The van der Waals surface area contributed by atoms with Crippen LogP contribution in [0.3, 0.4) is 0 Å². The van der Waals surface area contributed by atoms with Gasteiger partial charge in [0.15, 0.2) is 0 Å². The summed E-state index contributed by atoms with van der Waals surface area (Å²) in [5, 5.41) is 15.1. The second-order valence-corrected chi connectivity index (χ2v) is 10.2. The number of hydrogen-bond donors (Lipinski definition) is 3. The van der Waals surface area contributed by atoms with E-state index in [9.17, 15) is 14.7 Å². The number of aromatic amines is 1. The van der Waals surface area contributed by atoms with E-state index in [-0.39, 0.29) is 17.7 Å². The summed E-state index contributed by atoms with van der Waals surface area (Å²) in [6.07, 6.45) is 1.07. The number of nitrogens with zero attached hydrogens (tertiary/aromatic N) is 2. The number of urea groups is 1. The monoisotopic (exact) mass is 480 g/mol. The van der Waals surface area contributed by atoms with Crippen LogP contribution >= 0.6 is 11.6 Å². The molecular formula is C26H29ClN4O3. The molecule has 1 fully saturated rings. The van der Waals surface area contributed by atoms with E-state index >= 15 is 0 Å². The number of rotatable bonds is 6. The molecule has 7 nitrogen and oxygen atoms in total. The molecule has 0 aliphatic carbocycles. The minimum Gasteiger partial charge on any atom is -0.508 e. The normalized spacial score (nSPS) is 22.1. The molecule has 2 aromatic carbocycles. The first-order chi connectivity index (χ1) is 16.2. The van der Waals surface area contributed by atoms with Gasteiger partial charge in [-0.25, -0.2) is 4.79 Å². The lowest BCUT2D eigenvalue weighted by Crippen LogP contribution is -2.53. The van der Waals surface area contributed by atoms with Gasteiger partial charge in [-0.15, -0.1) is 0 Å². The number of aromatic nitrogens is 1. The zero-order chi connectivity index (χ0) is 24.2. The number of carbonyl (C=O) groups excluding carboxylic acids is 2. The first-order valence-corrected chi connectivity index (χ1v) is 12.1. The van der Waals surface area contributed by atoms with Crippen LogP contribution in [0.4, 0.5) is 4.79 Å². The average Bonchev–Trinajstić information content (AvgIpc) is 3.22. The van der Waals surface area contributed by atoms with E-state index in [2.05, 4.69) is 24.1 Å². The SMILES string of the molecule is CC(C)NCCCN1C(=O)N2C(c3cccc(O)c3)c3[nH]c4ccc(Cl)cc4c3CC2(C)C1=O. The molecule has 2 unspecified atom stereocenters. The number of imide groups is 1. The van der Waals surface area contributed by atoms with Crippen LogP contribution in [-0.2, 0) is 11.2 Å². The Morgan fingerprint density at radius 1 is 1.24 bits per heavy atom. The Balaban J connectivity index is 1.61. The molecule has 2 aliphatic rings. The zero-order valence-corrected chi connectivity index (χ0v) is 20.3. The fraction of sp³-hybridized carbons (Fsp3) is 0.385. The van der Waals surface area contributed by atoms with Crippen molar-refractivity contribution in [1.82, 2.24) is 20.1 Å². The maximum atomic E-state index is 13.7. The molecular weight excluding hydrogens is 452 g/mol. The number of halogens is 1. The molecule has 34 heavy (non-hydrogen) atoms. The average molecular weight is 481 g/mol. The maximum absolute atomic E-state index is 13.7. The van der Waals surface area contributed by atoms with Crippen LogP contribution in [0.15, 0.2) is 42.5 Å². The molecule has 1 saturated heterocycles. The predicted molar refractivity (Wildman–Crippen MR) is 132 cm³/mol. The maximum Gasteiger partial charge on any atom is 0.328 e. The van der Waals surface area contributed by atoms with Gasteiger partial charge < -0.3 is 15.4 Å². The molecule has 0 saturated carbocycles. The molecule has 5 rings (SSSR count). The highest BCUT2D eigenvalue weighted by atomic mass is 35.5. The summed E-state index contributed by atoms with van der Waals surface area (Å²) in [6.45, 7) is 7.07. The smallest absolute Gasteiger partial charge is 0.328 e. The van der Waals surface area contributed by atoms with Gasteiger partial charge in [0.25, 0.3) is 5.91 Å².